The van der Waals surface area contributed by atoms with E-state index in [2.05, 4.69) is 34.1 Å². The molecule has 0 aliphatic heterocycles. The summed E-state index contributed by atoms with van der Waals surface area (Å²) in [5.74, 6) is 0.413. The van der Waals surface area contributed by atoms with E-state index in [9.17, 15) is 4.79 Å². The maximum Gasteiger partial charge on any atom is 0.306 e. The van der Waals surface area contributed by atoms with Gasteiger partial charge in [0, 0.05) is 10.9 Å². The van der Waals surface area contributed by atoms with Crippen LogP contribution in [0.25, 0.3) is 0 Å². The predicted molar refractivity (Wildman–Crippen MR) is 82.7 cm³/mol. The summed E-state index contributed by atoms with van der Waals surface area (Å²) in [6.45, 7) is 5.78. The fraction of sp³-hybridized carbons (Fsp3) is 0.588. The summed E-state index contributed by atoms with van der Waals surface area (Å²) in [6, 6.07) is 6.58. The highest BCUT2D eigenvalue weighted by Crippen LogP contribution is 2.63. The van der Waals surface area contributed by atoms with Gasteiger partial charge in [0.1, 0.15) is 5.60 Å². The van der Waals surface area contributed by atoms with Crippen molar-refractivity contribution in [3.63, 3.8) is 0 Å². The number of hydrogen-bond donors (Lipinski definition) is 0. The van der Waals surface area contributed by atoms with Crippen LogP contribution in [0.1, 0.15) is 51.2 Å². The van der Waals surface area contributed by atoms with Gasteiger partial charge in [-0.3, -0.25) is 4.79 Å². The Morgan fingerprint density at radius 3 is 2.90 bits per heavy atom. The summed E-state index contributed by atoms with van der Waals surface area (Å²) in [5.41, 5.74) is 2.80. The van der Waals surface area contributed by atoms with E-state index in [-0.39, 0.29) is 17.0 Å². The third kappa shape index (κ3) is 2.52. The Morgan fingerprint density at radius 1 is 1.45 bits per heavy atom. The zero-order valence-electron chi connectivity index (χ0n) is 12.3. The quantitative estimate of drug-likeness (QED) is 0.749. The molecule has 108 valence electrons. The first-order chi connectivity index (χ1) is 9.30. The molecule has 0 aromatic heterocycles. The molecule has 2 unspecified atom stereocenters. The van der Waals surface area contributed by atoms with Crippen molar-refractivity contribution in [2.45, 2.75) is 57.5 Å². The minimum atomic E-state index is -0.379. The zero-order chi connectivity index (χ0) is 14.5. The van der Waals surface area contributed by atoms with Gasteiger partial charge in [0.15, 0.2) is 0 Å². The Hall–Kier alpha value is -0.830. The Labute approximate surface area is 129 Å². The first-order valence-electron chi connectivity index (χ1n) is 7.31. The van der Waals surface area contributed by atoms with Gasteiger partial charge in [-0.05, 0) is 74.6 Å². The molecule has 2 atom stereocenters. The van der Waals surface area contributed by atoms with E-state index in [1.54, 1.807) is 0 Å². The Bertz CT molecular complexity index is 559. The molecular weight excluding hydrogens is 316 g/mol. The lowest BCUT2D eigenvalue weighted by Crippen LogP contribution is -2.24. The van der Waals surface area contributed by atoms with Crippen molar-refractivity contribution in [2.24, 2.45) is 5.92 Å². The molecule has 1 aromatic rings. The van der Waals surface area contributed by atoms with Gasteiger partial charge in [-0.25, -0.2) is 0 Å². The second kappa shape index (κ2) is 4.59. The molecule has 2 nitrogen and oxygen atoms in total. The molecule has 2 aliphatic rings. The number of hydrogen-bond acceptors (Lipinski definition) is 2. The number of carbonyl (C=O) groups excluding carboxylic acids is 1. The minimum absolute atomic E-state index is 0.0529. The van der Waals surface area contributed by atoms with Crippen molar-refractivity contribution < 1.29 is 9.53 Å². The molecule has 0 N–H and O–H groups in total. The lowest BCUT2D eigenvalue weighted by Gasteiger charge is -2.20. The maximum atomic E-state index is 12.0. The van der Waals surface area contributed by atoms with E-state index < -0.39 is 0 Å². The van der Waals surface area contributed by atoms with Crippen LogP contribution in [-0.4, -0.2) is 11.6 Å². The fourth-order valence-electron chi connectivity index (χ4n) is 3.59. The van der Waals surface area contributed by atoms with Crippen molar-refractivity contribution >= 4 is 21.9 Å². The van der Waals surface area contributed by atoms with Gasteiger partial charge in [0.05, 0.1) is 0 Å². The largest absolute Gasteiger partial charge is 0.460 e. The first-order valence-corrected chi connectivity index (χ1v) is 8.10. The lowest BCUT2D eigenvalue weighted by atomic mass is 9.94. The van der Waals surface area contributed by atoms with Crippen LogP contribution in [0.3, 0.4) is 0 Å². The summed E-state index contributed by atoms with van der Waals surface area (Å²) < 4.78 is 6.59. The van der Waals surface area contributed by atoms with E-state index >= 15 is 0 Å². The van der Waals surface area contributed by atoms with Gasteiger partial charge in [-0.1, -0.05) is 22.0 Å². The Balaban J connectivity index is 1.71. The molecule has 1 aromatic carbocycles. The van der Waals surface area contributed by atoms with Gasteiger partial charge in [0.25, 0.3) is 0 Å². The highest BCUT2D eigenvalue weighted by molar-refractivity contribution is 9.10. The van der Waals surface area contributed by atoms with Crippen molar-refractivity contribution in [2.75, 3.05) is 0 Å². The van der Waals surface area contributed by atoms with Crippen LogP contribution in [0.15, 0.2) is 22.7 Å². The van der Waals surface area contributed by atoms with Crippen molar-refractivity contribution in [1.29, 1.82) is 0 Å². The Kier molecular flexibility index (Phi) is 3.24. The summed E-state index contributed by atoms with van der Waals surface area (Å²) in [5, 5.41) is 0. The third-order valence-electron chi connectivity index (χ3n) is 4.51. The number of esters is 1. The topological polar surface area (TPSA) is 26.3 Å². The van der Waals surface area contributed by atoms with Gasteiger partial charge >= 0.3 is 5.97 Å². The van der Waals surface area contributed by atoms with Crippen LogP contribution in [0.2, 0.25) is 0 Å². The van der Waals surface area contributed by atoms with Crippen LogP contribution >= 0.6 is 15.9 Å². The molecule has 0 radical (unpaired) electrons. The molecule has 1 saturated carbocycles. The molecule has 2 aliphatic carbocycles. The normalized spacial score (nSPS) is 27.5. The molecule has 1 spiro atoms. The van der Waals surface area contributed by atoms with Crippen molar-refractivity contribution in [1.82, 2.24) is 0 Å². The number of rotatable bonds is 2. The molecule has 0 bridgehead atoms. The molecule has 3 rings (SSSR count). The van der Waals surface area contributed by atoms with Crippen LogP contribution in [0.5, 0.6) is 0 Å². The molecule has 0 heterocycles. The van der Waals surface area contributed by atoms with E-state index in [4.69, 9.17) is 4.74 Å². The second-order valence-electron chi connectivity index (χ2n) is 7.15. The minimum Gasteiger partial charge on any atom is -0.460 e. The fourth-order valence-corrected chi connectivity index (χ4v) is 3.95. The van der Waals surface area contributed by atoms with Crippen molar-refractivity contribution in [3.05, 3.63) is 33.8 Å². The molecule has 20 heavy (non-hydrogen) atoms. The first kappa shape index (κ1) is 14.1. The molecule has 0 amide bonds. The van der Waals surface area contributed by atoms with Gasteiger partial charge in [0.2, 0.25) is 0 Å². The number of aryl methyl sites for hydroxylation is 1. The highest BCUT2D eigenvalue weighted by Gasteiger charge is 2.58. The number of fused-ring (bicyclic) bond motifs is 2. The van der Waals surface area contributed by atoms with Crippen molar-refractivity contribution in [3.8, 4) is 0 Å². The average molecular weight is 337 g/mol. The van der Waals surface area contributed by atoms with Gasteiger partial charge in [-0.2, -0.15) is 0 Å². The smallest absolute Gasteiger partial charge is 0.306 e. The standard InChI is InChI=1S/C17H21BrO2/c1-16(2,3)20-15(19)8-12-10-17(12)7-6-11-4-5-13(18)9-14(11)17/h4-5,9,12H,6-8,10H2,1-3H3. The molecule has 1 fully saturated rings. The maximum absolute atomic E-state index is 12.0. The van der Waals surface area contributed by atoms with Crippen LogP contribution < -0.4 is 0 Å². The molecular formula is C17H21BrO2. The van der Waals surface area contributed by atoms with E-state index in [0.717, 1.165) is 17.3 Å². The summed E-state index contributed by atoms with van der Waals surface area (Å²) in [6.07, 6.45) is 4.03. The average Bonchev–Trinajstić information content (AvgIpc) is 2.86. The van der Waals surface area contributed by atoms with Gasteiger partial charge < -0.3 is 4.74 Å². The summed E-state index contributed by atoms with van der Waals surface area (Å²) in [7, 11) is 0. The second-order valence-corrected chi connectivity index (χ2v) is 8.06. The van der Waals surface area contributed by atoms with Crippen LogP contribution in [-0.2, 0) is 21.4 Å². The third-order valence-corrected chi connectivity index (χ3v) is 5.01. The highest BCUT2D eigenvalue weighted by atomic mass is 79.9. The summed E-state index contributed by atoms with van der Waals surface area (Å²) in [4.78, 5) is 12.0. The lowest BCUT2D eigenvalue weighted by molar-refractivity contribution is -0.155. The molecule has 3 heteroatoms. The van der Waals surface area contributed by atoms with Crippen LogP contribution in [0.4, 0.5) is 0 Å². The number of benzene rings is 1. The number of ether oxygens (including phenoxy) is 1. The van der Waals surface area contributed by atoms with Gasteiger partial charge in [-0.15, -0.1) is 0 Å². The monoisotopic (exact) mass is 336 g/mol. The zero-order valence-corrected chi connectivity index (χ0v) is 13.9. The number of carbonyl (C=O) groups is 1. The SMILES string of the molecule is CC(C)(C)OC(=O)CC1CC12CCc1ccc(Br)cc12. The van der Waals surface area contributed by atoms with Crippen LogP contribution in [0, 0.1) is 5.92 Å². The van der Waals surface area contributed by atoms with E-state index in [1.165, 1.54) is 17.5 Å². The number of halogens is 1. The van der Waals surface area contributed by atoms with E-state index in [0.29, 0.717) is 12.3 Å². The molecule has 0 saturated heterocycles. The van der Waals surface area contributed by atoms with E-state index in [1.807, 2.05) is 20.8 Å². The Morgan fingerprint density at radius 2 is 2.20 bits per heavy atom. The predicted octanol–water partition coefficient (Wildman–Crippen LogP) is 4.38. The summed E-state index contributed by atoms with van der Waals surface area (Å²) >= 11 is 3.56.